The van der Waals surface area contributed by atoms with E-state index < -0.39 is 36.0 Å². The first kappa shape index (κ1) is 20.2. The minimum Gasteiger partial charge on any atom is -0.464 e. The lowest BCUT2D eigenvalue weighted by Crippen LogP contribution is -2.42. The highest BCUT2D eigenvalue weighted by Crippen LogP contribution is 2.09. The molecule has 0 unspecified atom stereocenters. The van der Waals surface area contributed by atoms with Gasteiger partial charge in [0.25, 0.3) is 0 Å². The SMILES string of the molecule is CCOC(=O)[C@H](CSC(=O)OCOC(=O)C(C)C)NC(C)=O. The summed E-state index contributed by atoms with van der Waals surface area (Å²) in [4.78, 5) is 45.2. The van der Waals surface area contributed by atoms with Crippen molar-refractivity contribution in [3.05, 3.63) is 0 Å². The van der Waals surface area contributed by atoms with Gasteiger partial charge in [-0.25, -0.2) is 9.59 Å². The van der Waals surface area contributed by atoms with Crippen molar-refractivity contribution in [3.63, 3.8) is 0 Å². The molecule has 0 radical (unpaired) electrons. The van der Waals surface area contributed by atoms with Gasteiger partial charge >= 0.3 is 17.2 Å². The molecular weight excluding hydrogens is 314 g/mol. The van der Waals surface area contributed by atoms with E-state index in [2.05, 4.69) is 14.8 Å². The summed E-state index contributed by atoms with van der Waals surface area (Å²) in [6.07, 6.45) is 0. The van der Waals surface area contributed by atoms with Gasteiger partial charge in [-0.2, -0.15) is 0 Å². The van der Waals surface area contributed by atoms with E-state index in [1.54, 1.807) is 20.8 Å². The van der Waals surface area contributed by atoms with Gasteiger partial charge in [0.15, 0.2) is 0 Å². The normalized spacial score (nSPS) is 11.5. The number of ether oxygens (including phenoxy) is 3. The summed E-state index contributed by atoms with van der Waals surface area (Å²) in [6.45, 7) is 5.85. The third kappa shape index (κ3) is 9.22. The van der Waals surface area contributed by atoms with E-state index in [4.69, 9.17) is 4.74 Å². The van der Waals surface area contributed by atoms with E-state index in [9.17, 15) is 19.2 Å². The lowest BCUT2D eigenvalue weighted by molar-refractivity contribution is -0.155. The van der Waals surface area contributed by atoms with Crippen LogP contribution in [0.25, 0.3) is 0 Å². The van der Waals surface area contributed by atoms with Crippen LogP contribution in [-0.4, -0.2) is 48.3 Å². The van der Waals surface area contributed by atoms with Gasteiger partial charge in [0.05, 0.1) is 12.5 Å². The van der Waals surface area contributed by atoms with Crippen LogP contribution in [0.5, 0.6) is 0 Å². The average Bonchev–Trinajstić information content (AvgIpc) is 2.42. The predicted octanol–water partition coefficient (Wildman–Crippen LogP) is 1.08. The van der Waals surface area contributed by atoms with Crippen molar-refractivity contribution >= 4 is 34.9 Å². The molecule has 0 saturated heterocycles. The van der Waals surface area contributed by atoms with E-state index in [0.717, 1.165) is 0 Å². The number of carbonyl (C=O) groups excluding carboxylic acids is 4. The number of rotatable bonds is 8. The molecule has 1 amide bonds. The lowest BCUT2D eigenvalue weighted by Gasteiger charge is -2.15. The van der Waals surface area contributed by atoms with Crippen LogP contribution in [0.2, 0.25) is 0 Å². The maximum Gasteiger partial charge on any atom is 0.370 e. The second kappa shape index (κ2) is 10.9. The van der Waals surface area contributed by atoms with Crippen molar-refractivity contribution in [2.75, 3.05) is 19.2 Å². The number of amides is 1. The van der Waals surface area contributed by atoms with Gasteiger partial charge in [-0.3, -0.25) is 9.59 Å². The zero-order valence-corrected chi connectivity index (χ0v) is 13.9. The Kier molecular flexibility index (Phi) is 10.0. The fourth-order valence-corrected chi connectivity index (χ4v) is 1.81. The Labute approximate surface area is 133 Å². The molecule has 0 aliphatic heterocycles. The highest BCUT2D eigenvalue weighted by molar-refractivity contribution is 8.13. The molecule has 1 N–H and O–H groups in total. The van der Waals surface area contributed by atoms with Crippen LogP contribution in [0.3, 0.4) is 0 Å². The Bertz CT molecular complexity index is 411. The third-order valence-electron chi connectivity index (χ3n) is 2.17. The van der Waals surface area contributed by atoms with Gasteiger partial charge < -0.3 is 19.5 Å². The number of hydrogen-bond donors (Lipinski definition) is 1. The highest BCUT2D eigenvalue weighted by atomic mass is 32.2. The van der Waals surface area contributed by atoms with Gasteiger partial charge in [0.2, 0.25) is 12.7 Å². The summed E-state index contributed by atoms with van der Waals surface area (Å²) in [5, 5.41) is 1.66. The molecule has 0 rings (SSSR count). The fourth-order valence-electron chi connectivity index (χ4n) is 1.15. The topological polar surface area (TPSA) is 108 Å². The van der Waals surface area contributed by atoms with E-state index >= 15 is 0 Å². The first-order valence-electron chi connectivity index (χ1n) is 6.67. The van der Waals surface area contributed by atoms with E-state index in [1.807, 2.05) is 0 Å². The van der Waals surface area contributed by atoms with Crippen LogP contribution >= 0.6 is 11.8 Å². The van der Waals surface area contributed by atoms with E-state index in [0.29, 0.717) is 11.8 Å². The molecule has 126 valence electrons. The van der Waals surface area contributed by atoms with Crippen LogP contribution < -0.4 is 5.32 Å². The third-order valence-corrected chi connectivity index (χ3v) is 3.02. The summed E-state index contributed by atoms with van der Waals surface area (Å²) in [5.41, 5.74) is 0. The molecular formula is C13H21NO7S. The first-order chi connectivity index (χ1) is 10.3. The Morgan fingerprint density at radius 1 is 1.05 bits per heavy atom. The van der Waals surface area contributed by atoms with Crippen LogP contribution in [0.1, 0.15) is 27.7 Å². The molecule has 22 heavy (non-hydrogen) atoms. The maximum absolute atomic E-state index is 11.6. The van der Waals surface area contributed by atoms with Gasteiger partial charge in [-0.15, -0.1) is 0 Å². The number of hydrogen-bond acceptors (Lipinski definition) is 8. The second-order valence-electron chi connectivity index (χ2n) is 4.45. The van der Waals surface area contributed by atoms with E-state index in [1.165, 1.54) is 6.92 Å². The molecule has 0 aromatic carbocycles. The average molecular weight is 335 g/mol. The smallest absolute Gasteiger partial charge is 0.370 e. The number of carbonyl (C=O) groups is 4. The molecule has 0 aliphatic rings. The van der Waals surface area contributed by atoms with Crippen molar-refractivity contribution in [1.82, 2.24) is 5.32 Å². The number of nitrogens with one attached hydrogen (secondary N) is 1. The predicted molar refractivity (Wildman–Crippen MR) is 79.0 cm³/mol. The summed E-state index contributed by atoms with van der Waals surface area (Å²) >= 11 is 0.673. The van der Waals surface area contributed by atoms with Crippen molar-refractivity contribution in [2.24, 2.45) is 5.92 Å². The molecule has 0 saturated carbocycles. The quantitative estimate of drug-likeness (QED) is 0.518. The summed E-state index contributed by atoms with van der Waals surface area (Å²) < 4.78 is 14.1. The summed E-state index contributed by atoms with van der Waals surface area (Å²) in [7, 11) is 0. The standard InChI is InChI=1S/C13H21NO7S/c1-5-19-12(17)10(14-9(4)15)6-22-13(18)21-7-20-11(16)8(2)3/h8,10H,5-7H2,1-4H3,(H,14,15)/t10-/m0/s1. The Morgan fingerprint density at radius 2 is 1.68 bits per heavy atom. The highest BCUT2D eigenvalue weighted by Gasteiger charge is 2.22. The van der Waals surface area contributed by atoms with Gasteiger partial charge in [-0.1, -0.05) is 13.8 Å². The Balaban J connectivity index is 4.18. The minimum atomic E-state index is -0.951. The zero-order chi connectivity index (χ0) is 17.1. The molecule has 0 aliphatic carbocycles. The zero-order valence-electron chi connectivity index (χ0n) is 13.0. The second-order valence-corrected chi connectivity index (χ2v) is 5.40. The molecule has 0 fully saturated rings. The molecule has 1 atom stereocenters. The van der Waals surface area contributed by atoms with Gasteiger partial charge in [0, 0.05) is 12.7 Å². The van der Waals surface area contributed by atoms with Crippen molar-refractivity contribution in [1.29, 1.82) is 0 Å². The summed E-state index contributed by atoms with van der Waals surface area (Å²) in [5.74, 6) is -1.91. The first-order valence-corrected chi connectivity index (χ1v) is 7.66. The van der Waals surface area contributed by atoms with Gasteiger partial charge in [-0.05, 0) is 18.7 Å². The lowest BCUT2D eigenvalue weighted by atomic mass is 10.2. The Morgan fingerprint density at radius 3 is 2.18 bits per heavy atom. The molecule has 8 nitrogen and oxygen atoms in total. The molecule has 0 aromatic rings. The molecule has 0 spiro atoms. The maximum atomic E-state index is 11.6. The minimum absolute atomic E-state index is 0.0463. The van der Waals surface area contributed by atoms with Crippen LogP contribution in [0.15, 0.2) is 0 Å². The van der Waals surface area contributed by atoms with Gasteiger partial charge in [0.1, 0.15) is 6.04 Å². The van der Waals surface area contributed by atoms with Crippen molar-refractivity contribution < 1.29 is 33.4 Å². The summed E-state index contributed by atoms with van der Waals surface area (Å²) in [6, 6.07) is -0.951. The molecule has 0 bridgehead atoms. The number of esters is 2. The van der Waals surface area contributed by atoms with E-state index in [-0.39, 0.29) is 18.3 Å². The van der Waals surface area contributed by atoms with Crippen molar-refractivity contribution in [3.8, 4) is 0 Å². The number of thioether (sulfide) groups is 1. The van der Waals surface area contributed by atoms with Crippen LogP contribution in [-0.2, 0) is 28.6 Å². The molecule has 0 aromatic heterocycles. The fraction of sp³-hybridized carbons (Fsp3) is 0.692. The molecule has 9 heteroatoms. The molecule has 0 heterocycles. The Hall–Kier alpha value is -1.77. The van der Waals surface area contributed by atoms with Crippen LogP contribution in [0.4, 0.5) is 4.79 Å². The largest absolute Gasteiger partial charge is 0.464 e. The van der Waals surface area contributed by atoms with Crippen LogP contribution in [0, 0.1) is 5.92 Å². The monoisotopic (exact) mass is 335 g/mol. The van der Waals surface area contributed by atoms with Crippen molar-refractivity contribution in [2.45, 2.75) is 33.7 Å².